The first-order chi connectivity index (χ1) is 8.50. The molecule has 0 aromatic heterocycles. The van der Waals surface area contributed by atoms with E-state index in [0.29, 0.717) is 6.07 Å². The minimum Gasteiger partial charge on any atom is -0.262 e. The zero-order chi connectivity index (χ0) is 14.8. The summed E-state index contributed by atoms with van der Waals surface area (Å²) in [7, 11) is -4.92. The summed E-state index contributed by atoms with van der Waals surface area (Å²) in [5.74, 6) is 0. The lowest BCUT2D eigenvalue weighted by atomic mass is 10.1. The first kappa shape index (κ1) is 15.1. The van der Waals surface area contributed by atoms with Crippen molar-refractivity contribution in [1.82, 2.24) is 0 Å². The zero-order valence-electron chi connectivity index (χ0n) is 8.71. The molecule has 0 atom stereocenters. The molecule has 0 unspecified atom stereocenters. The summed E-state index contributed by atoms with van der Waals surface area (Å²) in [5.41, 5.74) is -1.84. The number of rotatable bonds is 4. The average molecular weight is 302 g/mol. The molecule has 106 valence electrons. The van der Waals surface area contributed by atoms with Crippen LogP contribution in [0.1, 0.15) is 5.56 Å². The number of nitro benzene ring substituents is 1. The quantitative estimate of drug-likeness (QED) is 0.494. The summed E-state index contributed by atoms with van der Waals surface area (Å²) in [5, 5.41) is 10.4. The molecule has 0 saturated heterocycles. The minimum atomic E-state index is -5.02. The van der Waals surface area contributed by atoms with Gasteiger partial charge in [0, 0.05) is 6.07 Å². The van der Waals surface area contributed by atoms with Gasteiger partial charge in [0.1, 0.15) is 5.56 Å². The van der Waals surface area contributed by atoms with E-state index < -0.39 is 38.4 Å². The second-order valence-corrected chi connectivity index (χ2v) is 4.12. The summed E-state index contributed by atoms with van der Waals surface area (Å²) in [6, 6.07) is 1.56. The van der Waals surface area contributed by atoms with Gasteiger partial charge in [0.15, 0.2) is 0 Å². The molecular formula is C7H5F3N2O6S. The van der Waals surface area contributed by atoms with Gasteiger partial charge in [0.25, 0.3) is 5.69 Å². The highest BCUT2D eigenvalue weighted by atomic mass is 32.3. The Hall–Kier alpha value is -1.92. The van der Waals surface area contributed by atoms with E-state index in [2.05, 4.69) is 4.28 Å². The molecule has 8 nitrogen and oxygen atoms in total. The lowest BCUT2D eigenvalue weighted by molar-refractivity contribution is -0.388. The first-order valence-corrected chi connectivity index (χ1v) is 5.65. The molecule has 0 aliphatic carbocycles. The van der Waals surface area contributed by atoms with Crippen LogP contribution in [-0.4, -0.2) is 17.9 Å². The fourth-order valence-corrected chi connectivity index (χ4v) is 1.29. The van der Waals surface area contributed by atoms with Gasteiger partial charge in [-0.05, 0) is 12.1 Å². The largest absolute Gasteiger partial charge is 0.423 e. The van der Waals surface area contributed by atoms with Crippen LogP contribution in [0.2, 0.25) is 0 Å². The standard InChI is InChI=1S/C7H5F3N2O6S/c8-7(9,10)5-3-4(11-18-19(15,16)17)1-2-6(5)12(13)14/h1-3,11H,(H,15,16,17). The third-order valence-corrected chi connectivity index (χ3v) is 2.06. The van der Waals surface area contributed by atoms with Crippen molar-refractivity contribution < 1.29 is 35.3 Å². The fraction of sp³-hybridized carbons (Fsp3) is 0.143. The van der Waals surface area contributed by atoms with Crippen LogP contribution in [0, 0.1) is 10.1 Å². The Labute approximate surface area is 103 Å². The summed E-state index contributed by atoms with van der Waals surface area (Å²) >= 11 is 0. The van der Waals surface area contributed by atoms with E-state index >= 15 is 0 Å². The Bertz CT molecular complexity index is 599. The van der Waals surface area contributed by atoms with Gasteiger partial charge in [-0.25, -0.2) is 5.48 Å². The highest BCUT2D eigenvalue weighted by molar-refractivity contribution is 7.80. The van der Waals surface area contributed by atoms with Gasteiger partial charge >= 0.3 is 16.6 Å². The molecule has 0 amide bonds. The van der Waals surface area contributed by atoms with E-state index in [1.165, 1.54) is 5.48 Å². The molecule has 1 aromatic carbocycles. The molecule has 1 rings (SSSR count). The maximum Gasteiger partial charge on any atom is 0.423 e. The highest BCUT2D eigenvalue weighted by Crippen LogP contribution is 2.37. The Morgan fingerprint density at radius 2 is 1.95 bits per heavy atom. The van der Waals surface area contributed by atoms with Crippen molar-refractivity contribution in [3.8, 4) is 0 Å². The van der Waals surface area contributed by atoms with Crippen LogP contribution in [0.25, 0.3) is 0 Å². The van der Waals surface area contributed by atoms with Crippen LogP contribution in [0.5, 0.6) is 0 Å². The highest BCUT2D eigenvalue weighted by Gasteiger charge is 2.38. The SMILES string of the molecule is O=[N+]([O-])c1ccc(NOS(=O)(=O)O)cc1C(F)(F)F. The number of nitrogens with zero attached hydrogens (tertiary/aromatic N) is 1. The van der Waals surface area contributed by atoms with Crippen LogP contribution in [0.4, 0.5) is 24.5 Å². The number of hydrogen-bond donors (Lipinski definition) is 2. The van der Waals surface area contributed by atoms with Crippen LogP contribution < -0.4 is 5.48 Å². The number of nitrogens with one attached hydrogen (secondary N) is 1. The average Bonchev–Trinajstić information content (AvgIpc) is 2.23. The maximum absolute atomic E-state index is 12.5. The lowest BCUT2D eigenvalue weighted by Gasteiger charge is -2.09. The number of alkyl halides is 3. The van der Waals surface area contributed by atoms with E-state index in [1.54, 1.807) is 0 Å². The monoisotopic (exact) mass is 302 g/mol. The smallest absolute Gasteiger partial charge is 0.262 e. The normalized spacial score (nSPS) is 12.2. The summed E-state index contributed by atoms with van der Waals surface area (Å²) in [6.07, 6.45) is -5.02. The van der Waals surface area contributed by atoms with Crippen molar-refractivity contribution >= 4 is 21.8 Å². The maximum atomic E-state index is 12.5. The number of hydrogen-bond acceptors (Lipinski definition) is 6. The van der Waals surface area contributed by atoms with Gasteiger partial charge in [-0.15, -0.1) is 4.28 Å². The zero-order valence-corrected chi connectivity index (χ0v) is 9.53. The molecule has 0 spiro atoms. The second kappa shape index (κ2) is 4.99. The van der Waals surface area contributed by atoms with Crippen molar-refractivity contribution in [2.75, 3.05) is 5.48 Å². The summed E-state index contributed by atoms with van der Waals surface area (Å²) < 4.78 is 69.8. The Balaban J connectivity index is 3.16. The first-order valence-electron chi connectivity index (χ1n) is 4.28. The number of halogens is 3. The fourth-order valence-electron chi connectivity index (χ4n) is 1.09. The van der Waals surface area contributed by atoms with E-state index in [0.717, 1.165) is 6.07 Å². The van der Waals surface area contributed by atoms with Crippen molar-refractivity contribution in [2.24, 2.45) is 0 Å². The van der Waals surface area contributed by atoms with Gasteiger partial charge in [-0.3, -0.25) is 14.7 Å². The molecule has 0 aliphatic rings. The van der Waals surface area contributed by atoms with Gasteiger partial charge in [0.2, 0.25) is 0 Å². The molecule has 0 heterocycles. The van der Waals surface area contributed by atoms with Gasteiger partial charge in [-0.2, -0.15) is 21.6 Å². The van der Waals surface area contributed by atoms with Crippen LogP contribution in [0.15, 0.2) is 18.2 Å². The molecule has 0 bridgehead atoms. The van der Waals surface area contributed by atoms with Crippen LogP contribution in [-0.2, 0) is 20.9 Å². The van der Waals surface area contributed by atoms with Gasteiger partial charge in [-0.1, -0.05) is 0 Å². The third kappa shape index (κ3) is 4.35. The molecule has 0 radical (unpaired) electrons. The van der Waals surface area contributed by atoms with Crippen molar-refractivity contribution in [3.05, 3.63) is 33.9 Å². The van der Waals surface area contributed by atoms with E-state index in [-0.39, 0.29) is 6.07 Å². The Kier molecular flexibility index (Phi) is 3.97. The van der Waals surface area contributed by atoms with E-state index in [1.807, 2.05) is 0 Å². The lowest BCUT2D eigenvalue weighted by Crippen LogP contribution is -2.12. The van der Waals surface area contributed by atoms with E-state index in [4.69, 9.17) is 4.55 Å². The van der Waals surface area contributed by atoms with Crippen LogP contribution in [0.3, 0.4) is 0 Å². The predicted octanol–water partition coefficient (Wildman–Crippen LogP) is 1.76. The van der Waals surface area contributed by atoms with Crippen molar-refractivity contribution in [1.29, 1.82) is 0 Å². The molecule has 0 fully saturated rings. The molecular weight excluding hydrogens is 297 g/mol. The van der Waals surface area contributed by atoms with Gasteiger partial charge < -0.3 is 0 Å². The second-order valence-electron chi connectivity index (χ2n) is 3.10. The Morgan fingerprint density at radius 3 is 2.37 bits per heavy atom. The summed E-state index contributed by atoms with van der Waals surface area (Å²) in [4.78, 5) is 9.18. The molecule has 2 N–H and O–H groups in total. The molecule has 1 aromatic rings. The van der Waals surface area contributed by atoms with Crippen molar-refractivity contribution in [3.63, 3.8) is 0 Å². The topological polar surface area (TPSA) is 119 Å². The number of nitro groups is 1. The third-order valence-electron chi connectivity index (χ3n) is 1.76. The van der Waals surface area contributed by atoms with Crippen molar-refractivity contribution in [2.45, 2.75) is 6.18 Å². The predicted molar refractivity (Wildman–Crippen MR) is 54.4 cm³/mol. The molecule has 19 heavy (non-hydrogen) atoms. The summed E-state index contributed by atoms with van der Waals surface area (Å²) in [6.45, 7) is 0. The number of benzene rings is 1. The Morgan fingerprint density at radius 1 is 1.37 bits per heavy atom. The van der Waals surface area contributed by atoms with Crippen LogP contribution >= 0.6 is 0 Å². The molecule has 0 saturated carbocycles. The molecule has 0 aliphatic heterocycles. The molecule has 12 heteroatoms. The van der Waals surface area contributed by atoms with Gasteiger partial charge in [0.05, 0.1) is 10.6 Å². The number of anilines is 1. The minimum absolute atomic E-state index is 0.267. The van der Waals surface area contributed by atoms with E-state index in [9.17, 15) is 31.7 Å².